The van der Waals surface area contributed by atoms with Gasteiger partial charge in [0.05, 0.1) is 6.54 Å². The minimum atomic E-state index is -3.47. The van der Waals surface area contributed by atoms with Gasteiger partial charge in [0.1, 0.15) is 16.4 Å². The molecule has 0 aliphatic carbocycles. The van der Waals surface area contributed by atoms with Crippen LogP contribution in [0.4, 0.5) is 0 Å². The summed E-state index contributed by atoms with van der Waals surface area (Å²) in [5, 5.41) is 0. The number of aryl methyl sites for hydroxylation is 1. The van der Waals surface area contributed by atoms with E-state index in [2.05, 4.69) is 13.8 Å². The summed E-state index contributed by atoms with van der Waals surface area (Å²) in [6.07, 6.45) is 2.95. The zero-order chi connectivity index (χ0) is 15.0. The summed E-state index contributed by atoms with van der Waals surface area (Å²) in [6.45, 7) is 7.35. The average Bonchev–Trinajstić information content (AvgIpc) is 3.03. The van der Waals surface area contributed by atoms with Crippen LogP contribution < -0.4 is 5.73 Å². The van der Waals surface area contributed by atoms with Crippen molar-refractivity contribution in [1.29, 1.82) is 0 Å². The topological polar surface area (TPSA) is 76.5 Å². The van der Waals surface area contributed by atoms with Gasteiger partial charge in [0.15, 0.2) is 0 Å². The van der Waals surface area contributed by atoms with Crippen LogP contribution in [0.3, 0.4) is 0 Å². The summed E-state index contributed by atoms with van der Waals surface area (Å²) in [6, 6.07) is 1.56. The lowest BCUT2D eigenvalue weighted by atomic mass is 9.82. The molecule has 0 radical (unpaired) electrons. The predicted molar refractivity (Wildman–Crippen MR) is 77.7 cm³/mol. The Hall–Kier alpha value is -0.850. The molecule has 114 valence electrons. The molecule has 0 saturated carbocycles. The largest absolute Gasteiger partial charge is 0.464 e. The zero-order valence-electron chi connectivity index (χ0n) is 12.5. The third-order valence-electron chi connectivity index (χ3n) is 4.65. The Morgan fingerprint density at radius 1 is 1.40 bits per heavy atom. The highest BCUT2D eigenvalue weighted by atomic mass is 32.2. The Kier molecular flexibility index (Phi) is 4.27. The van der Waals surface area contributed by atoms with Crippen molar-refractivity contribution < 1.29 is 12.8 Å². The number of rotatable bonds is 5. The van der Waals surface area contributed by atoms with Crippen LogP contribution in [0.15, 0.2) is 15.4 Å². The smallest absolute Gasteiger partial charge is 0.246 e. The Morgan fingerprint density at radius 3 is 2.50 bits per heavy atom. The Bertz CT molecular complexity index is 573. The molecule has 2 N–H and O–H groups in total. The number of hydrogen-bond donors (Lipinski definition) is 1. The first kappa shape index (κ1) is 15.5. The normalized spacial score (nSPS) is 19.6. The van der Waals surface area contributed by atoms with Gasteiger partial charge in [-0.3, -0.25) is 0 Å². The lowest BCUT2D eigenvalue weighted by molar-refractivity contribution is 0.279. The number of hydrogen-bond acceptors (Lipinski definition) is 4. The van der Waals surface area contributed by atoms with Crippen molar-refractivity contribution in [3.63, 3.8) is 0 Å². The van der Waals surface area contributed by atoms with Crippen molar-refractivity contribution in [2.45, 2.75) is 51.5 Å². The summed E-state index contributed by atoms with van der Waals surface area (Å²) in [7, 11) is -3.47. The molecule has 0 unspecified atom stereocenters. The standard InChI is InChI=1S/C14H24N2O3S/c1-4-14(5-2)6-7-16(10-14)20(17,18)13-8-12(9-15)19-11(13)3/h8H,4-7,9-10,15H2,1-3H3. The van der Waals surface area contributed by atoms with Crippen molar-refractivity contribution in [3.05, 3.63) is 17.6 Å². The molecular weight excluding hydrogens is 276 g/mol. The molecule has 1 aliphatic rings. The summed E-state index contributed by atoms with van der Waals surface area (Å²) >= 11 is 0. The van der Waals surface area contributed by atoms with E-state index < -0.39 is 10.0 Å². The molecule has 1 aromatic heterocycles. The highest BCUT2D eigenvalue weighted by molar-refractivity contribution is 7.89. The van der Waals surface area contributed by atoms with Gasteiger partial charge in [0.25, 0.3) is 0 Å². The molecule has 20 heavy (non-hydrogen) atoms. The summed E-state index contributed by atoms with van der Waals surface area (Å²) < 4.78 is 32.4. The van der Waals surface area contributed by atoms with Gasteiger partial charge in [0.2, 0.25) is 10.0 Å². The van der Waals surface area contributed by atoms with Crippen molar-refractivity contribution in [1.82, 2.24) is 4.31 Å². The second-order valence-electron chi connectivity index (χ2n) is 5.63. The summed E-state index contributed by atoms with van der Waals surface area (Å²) in [5.74, 6) is 0.938. The van der Waals surface area contributed by atoms with Crippen LogP contribution in [-0.2, 0) is 16.6 Å². The first-order valence-electron chi connectivity index (χ1n) is 7.18. The van der Waals surface area contributed by atoms with Crippen LogP contribution in [-0.4, -0.2) is 25.8 Å². The van der Waals surface area contributed by atoms with E-state index in [0.717, 1.165) is 19.3 Å². The van der Waals surface area contributed by atoms with Gasteiger partial charge >= 0.3 is 0 Å². The van der Waals surface area contributed by atoms with Crippen molar-refractivity contribution in [3.8, 4) is 0 Å². The maximum atomic E-state index is 12.7. The van der Waals surface area contributed by atoms with E-state index in [4.69, 9.17) is 10.2 Å². The fourth-order valence-electron chi connectivity index (χ4n) is 2.95. The van der Waals surface area contributed by atoms with E-state index in [-0.39, 0.29) is 16.9 Å². The summed E-state index contributed by atoms with van der Waals surface area (Å²) in [4.78, 5) is 0.265. The SMILES string of the molecule is CCC1(CC)CCN(S(=O)(=O)c2cc(CN)oc2C)C1. The molecule has 1 fully saturated rings. The molecular formula is C14H24N2O3S. The molecule has 1 aromatic rings. The lowest BCUT2D eigenvalue weighted by Crippen LogP contribution is -2.32. The van der Waals surface area contributed by atoms with Gasteiger partial charge in [-0.1, -0.05) is 13.8 Å². The maximum Gasteiger partial charge on any atom is 0.246 e. The Labute approximate surface area is 121 Å². The van der Waals surface area contributed by atoms with E-state index in [1.807, 2.05) is 0 Å². The third-order valence-corrected chi connectivity index (χ3v) is 6.60. The van der Waals surface area contributed by atoms with Crippen LogP contribution in [0, 0.1) is 12.3 Å². The Morgan fingerprint density at radius 2 is 2.05 bits per heavy atom. The number of furan rings is 1. The predicted octanol–water partition coefficient (Wildman–Crippen LogP) is 2.25. The second kappa shape index (κ2) is 5.50. The van der Waals surface area contributed by atoms with Crippen LogP contribution >= 0.6 is 0 Å². The van der Waals surface area contributed by atoms with Gasteiger partial charge in [-0.15, -0.1) is 0 Å². The monoisotopic (exact) mass is 300 g/mol. The van der Waals surface area contributed by atoms with Crippen molar-refractivity contribution >= 4 is 10.0 Å². The molecule has 6 heteroatoms. The maximum absolute atomic E-state index is 12.7. The summed E-state index contributed by atoms with van der Waals surface area (Å²) in [5.41, 5.74) is 5.64. The first-order valence-corrected chi connectivity index (χ1v) is 8.62. The molecule has 5 nitrogen and oxygen atoms in total. The molecule has 1 aliphatic heterocycles. The highest BCUT2D eigenvalue weighted by Crippen LogP contribution is 2.39. The average molecular weight is 300 g/mol. The Balaban J connectivity index is 2.30. The van der Waals surface area contributed by atoms with Gasteiger partial charge in [-0.25, -0.2) is 8.42 Å². The molecule has 2 heterocycles. The molecule has 2 rings (SSSR count). The van der Waals surface area contributed by atoms with Crippen LogP contribution in [0.2, 0.25) is 0 Å². The first-order chi connectivity index (χ1) is 9.38. The molecule has 0 aromatic carbocycles. The minimum Gasteiger partial charge on any atom is -0.464 e. The highest BCUT2D eigenvalue weighted by Gasteiger charge is 2.41. The van der Waals surface area contributed by atoms with E-state index >= 15 is 0 Å². The van der Waals surface area contributed by atoms with E-state index in [0.29, 0.717) is 24.6 Å². The molecule has 0 spiro atoms. The van der Waals surface area contributed by atoms with Crippen LogP contribution in [0.1, 0.15) is 44.6 Å². The fraction of sp³-hybridized carbons (Fsp3) is 0.714. The van der Waals surface area contributed by atoms with Crippen LogP contribution in [0.5, 0.6) is 0 Å². The van der Waals surface area contributed by atoms with Crippen molar-refractivity contribution in [2.75, 3.05) is 13.1 Å². The van der Waals surface area contributed by atoms with Gasteiger partial charge in [-0.05, 0) is 31.6 Å². The number of sulfonamides is 1. The molecule has 0 atom stereocenters. The minimum absolute atomic E-state index is 0.126. The van der Waals surface area contributed by atoms with Gasteiger partial charge < -0.3 is 10.2 Å². The second-order valence-corrected chi connectivity index (χ2v) is 7.54. The zero-order valence-corrected chi connectivity index (χ0v) is 13.3. The van der Waals surface area contributed by atoms with Gasteiger partial charge in [-0.2, -0.15) is 4.31 Å². The lowest BCUT2D eigenvalue weighted by Gasteiger charge is -2.26. The van der Waals surface area contributed by atoms with E-state index in [1.165, 1.54) is 0 Å². The van der Waals surface area contributed by atoms with E-state index in [1.54, 1.807) is 17.3 Å². The van der Waals surface area contributed by atoms with Crippen LogP contribution in [0.25, 0.3) is 0 Å². The molecule has 0 bridgehead atoms. The third kappa shape index (κ3) is 2.52. The number of nitrogens with zero attached hydrogens (tertiary/aromatic N) is 1. The van der Waals surface area contributed by atoms with Crippen molar-refractivity contribution in [2.24, 2.45) is 11.1 Å². The molecule has 1 saturated heterocycles. The number of nitrogens with two attached hydrogens (primary N) is 1. The van der Waals surface area contributed by atoms with Gasteiger partial charge in [0, 0.05) is 19.2 Å². The molecule has 0 amide bonds. The fourth-order valence-corrected chi connectivity index (χ4v) is 4.69. The quantitative estimate of drug-likeness (QED) is 0.905. The van der Waals surface area contributed by atoms with E-state index in [9.17, 15) is 8.42 Å².